The maximum atomic E-state index is 13.4. The maximum absolute atomic E-state index is 13.4. The summed E-state index contributed by atoms with van der Waals surface area (Å²) >= 11 is 0. The Hall–Kier alpha value is -3.18. The van der Waals surface area contributed by atoms with Crippen LogP contribution in [0, 0.1) is 25.7 Å². The van der Waals surface area contributed by atoms with Gasteiger partial charge >= 0.3 is 11.9 Å². The highest BCUT2D eigenvalue weighted by Crippen LogP contribution is 2.18. The van der Waals surface area contributed by atoms with E-state index in [-0.39, 0.29) is 0 Å². The summed E-state index contributed by atoms with van der Waals surface area (Å²) in [5.41, 5.74) is 4.15. The fourth-order valence-corrected chi connectivity index (χ4v) is 4.63. The van der Waals surface area contributed by atoms with Crippen LogP contribution in [0.3, 0.4) is 0 Å². The Morgan fingerprint density at radius 1 is 0.628 bits per heavy atom. The molecule has 2 rings (SSSR count). The molecule has 4 atom stereocenters. The van der Waals surface area contributed by atoms with Gasteiger partial charge in [-0.15, -0.1) is 0 Å². The summed E-state index contributed by atoms with van der Waals surface area (Å²) in [7, 11) is 0. The quantitative estimate of drug-likeness (QED) is 0.144. The van der Waals surface area contributed by atoms with Gasteiger partial charge in [0, 0.05) is 0 Å². The number of aryl methyl sites for hydroxylation is 2. The molecular weight excluding hydrogens is 536 g/mol. The van der Waals surface area contributed by atoms with Crippen molar-refractivity contribution in [1.29, 1.82) is 0 Å². The van der Waals surface area contributed by atoms with E-state index in [1.165, 1.54) is 0 Å². The Labute approximate surface area is 260 Å². The van der Waals surface area contributed by atoms with Crippen LogP contribution in [0.5, 0.6) is 0 Å². The monoisotopic (exact) mass is 590 g/mol. The molecule has 5 nitrogen and oxygen atoms in total. The number of carbonyl (C=O) groups excluding carboxylic acids is 2. The Morgan fingerprint density at radius 2 is 1.00 bits per heavy atom. The van der Waals surface area contributed by atoms with E-state index < -0.39 is 24.1 Å². The van der Waals surface area contributed by atoms with Crippen molar-refractivity contribution in [2.45, 2.75) is 105 Å². The lowest BCUT2D eigenvalue weighted by molar-refractivity contribution is -0.166. The molecule has 43 heavy (non-hydrogen) atoms. The Morgan fingerprint density at radius 3 is 1.33 bits per heavy atom. The van der Waals surface area contributed by atoms with Crippen LogP contribution in [0.2, 0.25) is 0 Å². The van der Waals surface area contributed by atoms with Crippen LogP contribution >= 0.6 is 0 Å². The molecule has 0 saturated heterocycles. The van der Waals surface area contributed by atoms with Crippen molar-refractivity contribution in [2.75, 3.05) is 13.2 Å². The van der Waals surface area contributed by atoms with Crippen LogP contribution in [-0.2, 0) is 23.8 Å². The first-order valence-corrected chi connectivity index (χ1v) is 16.3. The van der Waals surface area contributed by atoms with Gasteiger partial charge in [-0.2, -0.15) is 0 Å². The van der Waals surface area contributed by atoms with Crippen molar-refractivity contribution in [1.82, 2.24) is 0 Å². The van der Waals surface area contributed by atoms with Gasteiger partial charge in [0.05, 0.1) is 13.2 Å². The fourth-order valence-electron chi connectivity index (χ4n) is 4.63. The molecule has 0 aliphatic carbocycles. The largest absolute Gasteiger partial charge is 0.463 e. The molecule has 0 heterocycles. The minimum Gasteiger partial charge on any atom is -0.463 e. The van der Waals surface area contributed by atoms with Crippen molar-refractivity contribution in [2.24, 2.45) is 11.8 Å². The molecule has 0 fully saturated rings. The van der Waals surface area contributed by atoms with Gasteiger partial charge < -0.3 is 14.2 Å². The number of hydrogen-bond acceptors (Lipinski definition) is 5. The van der Waals surface area contributed by atoms with Crippen LogP contribution in [0.25, 0.3) is 12.2 Å². The van der Waals surface area contributed by atoms with E-state index in [1.54, 1.807) is 12.2 Å². The fraction of sp³-hybridized carbons (Fsp3) is 0.526. The van der Waals surface area contributed by atoms with Crippen molar-refractivity contribution < 1.29 is 23.8 Å². The van der Waals surface area contributed by atoms with Gasteiger partial charge in [-0.05, 0) is 61.8 Å². The van der Waals surface area contributed by atoms with E-state index in [2.05, 4.69) is 27.7 Å². The lowest BCUT2D eigenvalue weighted by Gasteiger charge is -2.22. The van der Waals surface area contributed by atoms with Crippen molar-refractivity contribution >= 4 is 24.1 Å². The van der Waals surface area contributed by atoms with Crippen molar-refractivity contribution in [3.63, 3.8) is 0 Å². The van der Waals surface area contributed by atoms with Gasteiger partial charge in [-0.3, -0.25) is 0 Å². The molecule has 2 aromatic carbocycles. The molecule has 0 aliphatic rings. The summed E-state index contributed by atoms with van der Waals surface area (Å²) in [5.74, 6) is -0.424. The predicted octanol–water partition coefficient (Wildman–Crippen LogP) is 9.30. The molecule has 5 heteroatoms. The molecule has 0 amide bonds. The maximum Gasteiger partial charge on any atom is 0.339 e. The van der Waals surface area contributed by atoms with Gasteiger partial charge in [0.1, 0.15) is 0 Å². The minimum atomic E-state index is -1.08. The first-order valence-electron chi connectivity index (χ1n) is 16.3. The number of esters is 2. The standard InChI is InChI=1S/C38H54O5/c1-7-11-13-31(9-3)27-41-37(39)35(25-23-33-19-15-29(5)16-20-33)43-36(26-24-34-21-17-30(6)18-22-34)38(40)42-28-32(10-4)14-12-8-2/h15-26,31-32,35-36H,7-14,27-28H2,1-6H3/b25-23+,26-24+. The topological polar surface area (TPSA) is 61.8 Å². The van der Waals surface area contributed by atoms with Crippen LogP contribution < -0.4 is 0 Å². The summed E-state index contributed by atoms with van der Waals surface area (Å²) in [6.45, 7) is 13.3. The second-order valence-corrected chi connectivity index (χ2v) is 11.6. The first kappa shape index (κ1) is 36.0. The highest BCUT2D eigenvalue weighted by molar-refractivity contribution is 5.81. The summed E-state index contributed by atoms with van der Waals surface area (Å²) in [4.78, 5) is 26.9. The van der Waals surface area contributed by atoms with E-state index in [4.69, 9.17) is 14.2 Å². The molecule has 0 radical (unpaired) electrons. The number of benzene rings is 2. The average Bonchev–Trinajstić information content (AvgIpc) is 3.02. The van der Waals surface area contributed by atoms with Crippen LogP contribution in [-0.4, -0.2) is 37.4 Å². The lowest BCUT2D eigenvalue weighted by Crippen LogP contribution is -2.35. The average molecular weight is 591 g/mol. The van der Waals surface area contributed by atoms with Crippen LogP contribution in [0.15, 0.2) is 60.7 Å². The smallest absolute Gasteiger partial charge is 0.339 e. The van der Waals surface area contributed by atoms with Crippen LogP contribution in [0.1, 0.15) is 101 Å². The van der Waals surface area contributed by atoms with Gasteiger partial charge in [-0.1, -0.05) is 138 Å². The normalized spacial score (nSPS) is 14.5. The third-order valence-electron chi connectivity index (χ3n) is 7.85. The van der Waals surface area contributed by atoms with E-state index >= 15 is 0 Å². The zero-order chi connectivity index (χ0) is 31.5. The third kappa shape index (κ3) is 14.2. The number of hydrogen-bond donors (Lipinski definition) is 0. The van der Waals surface area contributed by atoms with Gasteiger partial charge in [-0.25, -0.2) is 9.59 Å². The molecule has 2 aromatic rings. The van der Waals surface area contributed by atoms with Crippen molar-refractivity contribution in [3.05, 3.63) is 82.9 Å². The van der Waals surface area contributed by atoms with E-state index in [1.807, 2.05) is 74.5 Å². The second-order valence-electron chi connectivity index (χ2n) is 11.6. The Kier molecular flexibility index (Phi) is 17.3. The summed E-state index contributed by atoms with van der Waals surface area (Å²) in [6.07, 6.45) is 13.2. The van der Waals surface area contributed by atoms with Gasteiger partial charge in [0.2, 0.25) is 0 Å². The predicted molar refractivity (Wildman–Crippen MR) is 178 cm³/mol. The highest BCUT2D eigenvalue weighted by Gasteiger charge is 2.28. The van der Waals surface area contributed by atoms with Gasteiger partial charge in [0.15, 0.2) is 12.2 Å². The number of carbonyl (C=O) groups is 2. The number of ether oxygens (including phenoxy) is 3. The molecule has 4 unspecified atom stereocenters. The molecule has 0 saturated carbocycles. The highest BCUT2D eigenvalue weighted by atomic mass is 16.6. The summed E-state index contributed by atoms with van der Waals surface area (Å²) in [5, 5.41) is 0. The van der Waals surface area contributed by atoms with Crippen molar-refractivity contribution in [3.8, 4) is 0 Å². The molecule has 0 N–H and O–H groups in total. The Bertz CT molecular complexity index is 1030. The number of unbranched alkanes of at least 4 members (excludes halogenated alkanes) is 2. The second kappa shape index (κ2) is 20.7. The SMILES string of the molecule is CCCCC(CC)COC(=O)C(/C=C/c1ccc(C)cc1)OC(/C=C/c1ccc(C)cc1)C(=O)OCC(CC)CCCC. The zero-order valence-corrected chi connectivity index (χ0v) is 27.3. The van der Waals surface area contributed by atoms with E-state index in [0.717, 1.165) is 73.6 Å². The van der Waals surface area contributed by atoms with Gasteiger partial charge in [0.25, 0.3) is 0 Å². The molecule has 0 aromatic heterocycles. The number of rotatable bonds is 20. The summed E-state index contributed by atoms with van der Waals surface area (Å²) < 4.78 is 17.8. The lowest BCUT2D eigenvalue weighted by atomic mass is 10.0. The molecular formula is C38H54O5. The molecule has 236 valence electrons. The third-order valence-corrected chi connectivity index (χ3v) is 7.85. The minimum absolute atomic E-state index is 0.293. The molecule has 0 bridgehead atoms. The zero-order valence-electron chi connectivity index (χ0n) is 27.3. The summed E-state index contributed by atoms with van der Waals surface area (Å²) in [6, 6.07) is 16.0. The molecule has 0 spiro atoms. The Balaban J connectivity index is 2.31. The van der Waals surface area contributed by atoms with E-state index in [0.29, 0.717) is 25.0 Å². The van der Waals surface area contributed by atoms with Crippen LogP contribution in [0.4, 0.5) is 0 Å². The molecule has 0 aliphatic heterocycles. The first-order chi connectivity index (χ1) is 20.8. The van der Waals surface area contributed by atoms with E-state index in [9.17, 15) is 9.59 Å².